The number of thiazole rings is 1. The third kappa shape index (κ3) is 4.44. The summed E-state index contributed by atoms with van der Waals surface area (Å²) in [5, 5.41) is 23.7. The fourth-order valence-corrected chi connectivity index (χ4v) is 5.46. The third-order valence-corrected chi connectivity index (χ3v) is 8.00. The number of carbonyl (C=O) groups excluding carboxylic acids is 2. The van der Waals surface area contributed by atoms with Crippen LogP contribution < -0.4 is 5.73 Å². The first-order valence-corrected chi connectivity index (χ1v) is 13.2. The van der Waals surface area contributed by atoms with Gasteiger partial charge in [0.1, 0.15) is 5.82 Å². The highest BCUT2D eigenvalue weighted by molar-refractivity contribution is 7.13. The molecule has 0 spiro atoms. The molecule has 0 atom stereocenters. The molecule has 12 heteroatoms. The van der Waals surface area contributed by atoms with E-state index < -0.39 is 18.6 Å². The minimum atomic E-state index is -1.23. The SMILES string of the molecule is CC(=O)c1c(C2CCN(C(=O)C(C)(CO)CO)CC2)nc2c(-c3ccc(-c4cncs4)nc3)cnn2c1N. The van der Waals surface area contributed by atoms with Crippen molar-refractivity contribution in [1.82, 2.24) is 29.5 Å². The van der Waals surface area contributed by atoms with Crippen molar-refractivity contribution in [2.75, 3.05) is 32.0 Å². The summed E-state index contributed by atoms with van der Waals surface area (Å²) in [5.74, 6) is -0.367. The average molecular weight is 536 g/mol. The minimum absolute atomic E-state index is 0.102. The van der Waals surface area contributed by atoms with Crippen LogP contribution in [0.25, 0.3) is 27.3 Å². The highest BCUT2D eigenvalue weighted by atomic mass is 32.1. The zero-order chi connectivity index (χ0) is 27.0. The number of aliphatic hydroxyl groups excluding tert-OH is 2. The third-order valence-electron chi connectivity index (χ3n) is 7.21. The summed E-state index contributed by atoms with van der Waals surface area (Å²) in [4.78, 5) is 41.8. The number of anilines is 1. The molecule has 0 radical (unpaired) electrons. The van der Waals surface area contributed by atoms with Crippen molar-refractivity contribution in [3.8, 4) is 21.7 Å². The number of aliphatic hydroxyl groups is 2. The van der Waals surface area contributed by atoms with Gasteiger partial charge in [-0.3, -0.25) is 19.6 Å². The van der Waals surface area contributed by atoms with Crippen LogP contribution in [0.1, 0.15) is 48.7 Å². The first kappa shape index (κ1) is 25.9. The Bertz CT molecular complexity index is 1470. The van der Waals surface area contributed by atoms with Gasteiger partial charge >= 0.3 is 0 Å². The number of aromatic nitrogens is 5. The predicted molar refractivity (Wildman–Crippen MR) is 143 cm³/mol. The molecule has 11 nitrogen and oxygen atoms in total. The van der Waals surface area contributed by atoms with Gasteiger partial charge in [0.15, 0.2) is 11.4 Å². The van der Waals surface area contributed by atoms with Gasteiger partial charge in [0, 0.05) is 42.5 Å². The van der Waals surface area contributed by atoms with Crippen LogP contribution in [-0.2, 0) is 4.79 Å². The number of hydrogen-bond acceptors (Lipinski definition) is 10. The molecule has 0 unspecified atom stereocenters. The molecule has 198 valence electrons. The number of hydrogen-bond donors (Lipinski definition) is 3. The lowest BCUT2D eigenvalue weighted by Crippen LogP contribution is -2.49. The van der Waals surface area contributed by atoms with Crippen molar-refractivity contribution in [3.63, 3.8) is 0 Å². The van der Waals surface area contributed by atoms with Crippen molar-refractivity contribution < 1.29 is 19.8 Å². The fourth-order valence-electron chi connectivity index (χ4n) is 4.86. The van der Waals surface area contributed by atoms with Crippen LogP contribution in [-0.4, -0.2) is 77.7 Å². The largest absolute Gasteiger partial charge is 0.395 e. The lowest BCUT2D eigenvalue weighted by atomic mass is 9.86. The Hall–Kier alpha value is -3.74. The number of nitrogens with zero attached hydrogens (tertiary/aromatic N) is 6. The van der Waals surface area contributed by atoms with Crippen LogP contribution in [0.3, 0.4) is 0 Å². The number of fused-ring (bicyclic) bond motifs is 1. The van der Waals surface area contributed by atoms with Gasteiger partial charge in [0.05, 0.1) is 52.2 Å². The lowest BCUT2D eigenvalue weighted by molar-refractivity contribution is -0.147. The van der Waals surface area contributed by atoms with E-state index in [-0.39, 0.29) is 23.4 Å². The number of rotatable bonds is 7. The summed E-state index contributed by atoms with van der Waals surface area (Å²) in [6.07, 6.45) is 6.33. The fraction of sp³-hybridized carbons (Fsp3) is 0.385. The molecule has 4 aromatic heterocycles. The maximum atomic E-state index is 12.9. The molecule has 0 aliphatic carbocycles. The number of nitrogen functional groups attached to an aromatic ring is 1. The van der Waals surface area contributed by atoms with Crippen LogP contribution in [0.2, 0.25) is 0 Å². The molecule has 1 saturated heterocycles. The van der Waals surface area contributed by atoms with E-state index in [0.717, 1.165) is 21.7 Å². The molecule has 0 aromatic carbocycles. The predicted octanol–water partition coefficient (Wildman–Crippen LogP) is 2.40. The zero-order valence-electron chi connectivity index (χ0n) is 21.2. The lowest BCUT2D eigenvalue weighted by Gasteiger charge is -2.37. The van der Waals surface area contributed by atoms with Crippen LogP contribution in [0.4, 0.5) is 5.82 Å². The molecule has 5 rings (SSSR count). The zero-order valence-corrected chi connectivity index (χ0v) is 22.0. The van der Waals surface area contributed by atoms with Gasteiger partial charge in [-0.15, -0.1) is 11.3 Å². The van der Waals surface area contributed by atoms with Crippen LogP contribution >= 0.6 is 11.3 Å². The Kier molecular flexibility index (Phi) is 6.95. The van der Waals surface area contributed by atoms with Crippen LogP contribution in [0.15, 0.2) is 36.2 Å². The second kappa shape index (κ2) is 10.2. The van der Waals surface area contributed by atoms with E-state index in [1.165, 1.54) is 22.8 Å². The van der Waals surface area contributed by atoms with Crippen molar-refractivity contribution in [2.24, 2.45) is 5.41 Å². The first-order chi connectivity index (χ1) is 18.3. The van der Waals surface area contributed by atoms with Gasteiger partial charge in [-0.2, -0.15) is 9.61 Å². The quantitative estimate of drug-likeness (QED) is 0.302. The normalized spacial score (nSPS) is 14.8. The molecule has 1 fully saturated rings. The monoisotopic (exact) mass is 535 g/mol. The molecule has 5 heterocycles. The van der Waals surface area contributed by atoms with E-state index in [9.17, 15) is 19.8 Å². The molecule has 1 aliphatic rings. The van der Waals surface area contributed by atoms with Crippen molar-refractivity contribution >= 4 is 34.5 Å². The van der Waals surface area contributed by atoms with E-state index >= 15 is 0 Å². The number of piperidine rings is 1. The topological polar surface area (TPSA) is 160 Å². The van der Waals surface area contributed by atoms with Gasteiger partial charge < -0.3 is 20.8 Å². The van der Waals surface area contributed by atoms with Crippen LogP contribution in [0, 0.1) is 5.41 Å². The molecular weight excluding hydrogens is 506 g/mol. The van der Waals surface area contributed by atoms with E-state index in [1.807, 2.05) is 12.1 Å². The van der Waals surface area contributed by atoms with E-state index in [2.05, 4.69) is 15.1 Å². The van der Waals surface area contributed by atoms with E-state index in [0.29, 0.717) is 42.8 Å². The molecule has 4 aromatic rings. The van der Waals surface area contributed by atoms with Gasteiger partial charge in [-0.05, 0) is 32.8 Å². The van der Waals surface area contributed by atoms with Gasteiger partial charge in [-0.1, -0.05) is 6.07 Å². The summed E-state index contributed by atoms with van der Waals surface area (Å²) in [5.41, 5.74) is 10.8. The summed E-state index contributed by atoms with van der Waals surface area (Å²) >= 11 is 1.51. The highest BCUT2D eigenvalue weighted by Crippen LogP contribution is 2.36. The molecule has 1 amide bonds. The Labute approximate surface area is 223 Å². The molecule has 38 heavy (non-hydrogen) atoms. The first-order valence-electron chi connectivity index (χ1n) is 12.3. The summed E-state index contributed by atoms with van der Waals surface area (Å²) in [7, 11) is 0. The Morgan fingerprint density at radius 2 is 1.89 bits per heavy atom. The second-order valence-electron chi connectivity index (χ2n) is 9.85. The number of carbonyl (C=O) groups is 2. The van der Waals surface area contributed by atoms with E-state index in [4.69, 9.17) is 10.7 Å². The van der Waals surface area contributed by atoms with E-state index in [1.54, 1.807) is 35.9 Å². The number of likely N-dealkylation sites (tertiary alicyclic amines) is 1. The van der Waals surface area contributed by atoms with Crippen molar-refractivity contribution in [1.29, 1.82) is 0 Å². The second-order valence-corrected chi connectivity index (χ2v) is 10.7. The summed E-state index contributed by atoms with van der Waals surface area (Å²) in [6, 6.07) is 3.86. The van der Waals surface area contributed by atoms with Crippen molar-refractivity contribution in [2.45, 2.75) is 32.6 Å². The van der Waals surface area contributed by atoms with Gasteiger partial charge in [0.25, 0.3) is 0 Å². The van der Waals surface area contributed by atoms with Crippen molar-refractivity contribution in [3.05, 3.63) is 47.5 Å². The number of Topliss-reactive ketones (excluding diaryl/α,β-unsaturated/α-hetero) is 1. The smallest absolute Gasteiger partial charge is 0.233 e. The molecular formula is C26H29N7O4S. The Balaban J connectivity index is 1.48. The number of ketones is 1. The minimum Gasteiger partial charge on any atom is -0.395 e. The number of nitrogens with two attached hydrogens (primary N) is 1. The maximum Gasteiger partial charge on any atom is 0.233 e. The molecule has 0 bridgehead atoms. The highest BCUT2D eigenvalue weighted by Gasteiger charge is 2.38. The summed E-state index contributed by atoms with van der Waals surface area (Å²) < 4.78 is 1.49. The average Bonchev–Trinajstić information content (AvgIpc) is 3.63. The molecule has 0 saturated carbocycles. The summed E-state index contributed by atoms with van der Waals surface area (Å²) in [6.45, 7) is 2.97. The van der Waals surface area contributed by atoms with Gasteiger partial charge in [-0.25, -0.2) is 4.98 Å². The van der Waals surface area contributed by atoms with Gasteiger partial charge in [0.2, 0.25) is 5.91 Å². The molecule has 4 N–H and O–H groups in total. The maximum absolute atomic E-state index is 12.9. The van der Waals surface area contributed by atoms with Crippen LogP contribution in [0.5, 0.6) is 0 Å². The standard InChI is InChI=1S/C26H29N7O4S/c1-15(36)21-22(16-5-7-32(8-6-16)25(37)26(2,12-34)13-35)31-24-18(10-30-33(24)23(21)27)17-3-4-19(29-9-17)20-11-28-14-38-20/h3-4,9-11,14,16,34-35H,5-8,12-13,27H2,1-2H3. The molecule has 1 aliphatic heterocycles. The number of pyridine rings is 1. The Morgan fingerprint density at radius 3 is 2.47 bits per heavy atom. The number of amides is 1. The Morgan fingerprint density at radius 1 is 1.16 bits per heavy atom.